The summed E-state index contributed by atoms with van der Waals surface area (Å²) in [5.74, 6) is 1.61. The summed E-state index contributed by atoms with van der Waals surface area (Å²) in [5.41, 5.74) is 0.365. The minimum atomic E-state index is 0.304. The minimum absolute atomic E-state index is 0.304. The highest BCUT2D eigenvalue weighted by atomic mass is 16.5. The number of rotatable bonds is 0. The number of ether oxygens (including phenoxy) is 1. The molecule has 1 spiro atoms. The lowest BCUT2D eigenvalue weighted by Gasteiger charge is -2.45. The lowest BCUT2D eigenvalue weighted by molar-refractivity contribution is -0.124. The van der Waals surface area contributed by atoms with Crippen LogP contribution in [0.5, 0.6) is 0 Å². The van der Waals surface area contributed by atoms with Gasteiger partial charge in [-0.05, 0) is 36.7 Å². The second kappa shape index (κ2) is 2.13. The molecule has 2 heteroatoms. The Kier molecular flexibility index (Phi) is 1.16. The summed E-state index contributed by atoms with van der Waals surface area (Å²) in [6, 6.07) is 0. The second-order valence-corrected chi connectivity index (χ2v) is 5.46. The van der Waals surface area contributed by atoms with Gasteiger partial charge in [-0.15, -0.1) is 0 Å². The first-order valence-corrected chi connectivity index (χ1v) is 5.64. The van der Waals surface area contributed by atoms with Gasteiger partial charge in [-0.3, -0.25) is 4.79 Å². The zero-order valence-electron chi connectivity index (χ0n) is 8.11. The highest BCUT2D eigenvalue weighted by Crippen LogP contribution is 2.63. The van der Waals surface area contributed by atoms with E-state index in [0.29, 0.717) is 29.3 Å². The summed E-state index contributed by atoms with van der Waals surface area (Å²) < 4.78 is 5.98. The summed E-state index contributed by atoms with van der Waals surface area (Å²) in [5, 5.41) is 0. The van der Waals surface area contributed by atoms with Gasteiger partial charge in [0.15, 0.2) is 5.78 Å². The quantitative estimate of drug-likeness (QED) is 0.581. The molecule has 0 N–H and O–H groups in total. The van der Waals surface area contributed by atoms with Gasteiger partial charge in [0.25, 0.3) is 0 Å². The molecule has 5 atom stereocenters. The molecular weight excluding hydrogens is 176 g/mol. The van der Waals surface area contributed by atoms with Gasteiger partial charge < -0.3 is 4.74 Å². The summed E-state index contributed by atoms with van der Waals surface area (Å²) >= 11 is 0. The van der Waals surface area contributed by atoms with Crippen molar-refractivity contribution in [1.29, 1.82) is 0 Å². The van der Waals surface area contributed by atoms with Gasteiger partial charge in [0.05, 0.1) is 12.2 Å². The van der Waals surface area contributed by atoms with Crippen LogP contribution in [0.3, 0.4) is 0 Å². The first kappa shape index (κ1) is 7.63. The molecule has 5 aliphatic rings. The summed E-state index contributed by atoms with van der Waals surface area (Å²) in [6.07, 6.45) is 9.38. The maximum atomic E-state index is 11.4. The molecule has 2 nitrogen and oxygen atoms in total. The molecule has 2 saturated carbocycles. The summed E-state index contributed by atoms with van der Waals surface area (Å²) in [6.45, 7) is 0. The fourth-order valence-electron chi connectivity index (χ4n) is 4.29. The van der Waals surface area contributed by atoms with Gasteiger partial charge in [0, 0.05) is 12.3 Å². The molecule has 4 bridgehead atoms. The number of hydrogen-bond donors (Lipinski definition) is 0. The maximum Gasteiger partial charge on any atom is 0.155 e. The number of carbonyl (C=O) groups is 1. The van der Waals surface area contributed by atoms with Crippen molar-refractivity contribution >= 4 is 5.78 Å². The van der Waals surface area contributed by atoms with Crippen LogP contribution in [0.4, 0.5) is 0 Å². The zero-order valence-corrected chi connectivity index (χ0v) is 8.11. The largest absolute Gasteiger partial charge is 0.374 e. The van der Waals surface area contributed by atoms with E-state index in [9.17, 15) is 4.79 Å². The normalized spacial score (nSPS) is 58.1. The number of carbonyl (C=O) groups excluding carboxylic acids is 1. The third-order valence-corrected chi connectivity index (χ3v) is 4.84. The molecule has 3 aliphatic carbocycles. The lowest BCUT2D eigenvalue weighted by atomic mass is 9.62. The molecule has 2 aliphatic heterocycles. The Balaban J connectivity index is 1.85. The molecule has 14 heavy (non-hydrogen) atoms. The van der Waals surface area contributed by atoms with Crippen molar-refractivity contribution in [3.63, 3.8) is 0 Å². The van der Waals surface area contributed by atoms with E-state index in [0.717, 1.165) is 12.3 Å². The van der Waals surface area contributed by atoms with E-state index in [1.165, 1.54) is 19.3 Å². The van der Waals surface area contributed by atoms with Crippen LogP contribution in [0.25, 0.3) is 0 Å². The van der Waals surface area contributed by atoms with Crippen molar-refractivity contribution in [3.05, 3.63) is 12.2 Å². The van der Waals surface area contributed by atoms with Gasteiger partial charge >= 0.3 is 0 Å². The zero-order chi connectivity index (χ0) is 9.34. The number of ketones is 1. The average Bonchev–Trinajstić information content (AvgIpc) is 2.60. The molecule has 0 radical (unpaired) electrons. The van der Waals surface area contributed by atoms with Gasteiger partial charge in [-0.2, -0.15) is 0 Å². The van der Waals surface area contributed by atoms with Crippen molar-refractivity contribution in [2.24, 2.45) is 17.3 Å². The fourth-order valence-corrected chi connectivity index (χ4v) is 4.29. The van der Waals surface area contributed by atoms with Crippen molar-refractivity contribution < 1.29 is 9.53 Å². The van der Waals surface area contributed by atoms with Crippen LogP contribution in [-0.2, 0) is 9.53 Å². The van der Waals surface area contributed by atoms with Crippen molar-refractivity contribution in [2.45, 2.75) is 37.9 Å². The average molecular weight is 190 g/mol. The van der Waals surface area contributed by atoms with E-state index in [4.69, 9.17) is 4.74 Å². The highest BCUT2D eigenvalue weighted by Gasteiger charge is 2.62. The Morgan fingerprint density at radius 1 is 1.36 bits per heavy atom. The molecule has 0 aromatic rings. The molecule has 4 fully saturated rings. The van der Waals surface area contributed by atoms with Gasteiger partial charge in [-0.1, -0.05) is 6.08 Å². The Hall–Kier alpha value is -0.630. The van der Waals surface area contributed by atoms with Crippen LogP contribution in [0.15, 0.2) is 12.2 Å². The maximum absolute atomic E-state index is 11.4. The van der Waals surface area contributed by atoms with E-state index >= 15 is 0 Å². The Bertz CT molecular complexity index is 330. The van der Waals surface area contributed by atoms with Crippen molar-refractivity contribution in [1.82, 2.24) is 0 Å². The van der Waals surface area contributed by atoms with Crippen LogP contribution in [-0.4, -0.2) is 18.0 Å². The summed E-state index contributed by atoms with van der Waals surface area (Å²) in [4.78, 5) is 11.4. The third-order valence-electron chi connectivity index (χ3n) is 4.84. The Morgan fingerprint density at radius 3 is 3.14 bits per heavy atom. The molecule has 0 aromatic heterocycles. The van der Waals surface area contributed by atoms with E-state index in [1.807, 2.05) is 6.08 Å². The molecule has 5 rings (SSSR count). The van der Waals surface area contributed by atoms with Crippen LogP contribution < -0.4 is 0 Å². The highest BCUT2D eigenvalue weighted by molar-refractivity contribution is 5.91. The standard InChI is InChI=1S/C12H14O2/c13-8-1-2-12-5-7-3-10(9(12)4-8)14-11(7)6-12/h1-2,7,9-11H,3-6H2/t7-,9-,10+,11+,12+/m1/s1. The Morgan fingerprint density at radius 2 is 2.29 bits per heavy atom. The molecule has 0 unspecified atom stereocenters. The van der Waals surface area contributed by atoms with Crippen LogP contribution >= 0.6 is 0 Å². The molecule has 2 heterocycles. The first-order valence-electron chi connectivity index (χ1n) is 5.64. The van der Waals surface area contributed by atoms with Crippen LogP contribution in [0.2, 0.25) is 0 Å². The minimum Gasteiger partial charge on any atom is -0.374 e. The van der Waals surface area contributed by atoms with E-state index < -0.39 is 0 Å². The second-order valence-electron chi connectivity index (χ2n) is 5.46. The van der Waals surface area contributed by atoms with Gasteiger partial charge in [0.2, 0.25) is 0 Å². The van der Waals surface area contributed by atoms with E-state index in [2.05, 4.69) is 6.08 Å². The summed E-state index contributed by atoms with van der Waals surface area (Å²) in [7, 11) is 0. The third kappa shape index (κ3) is 0.714. The molecule has 0 amide bonds. The number of hydrogen-bond acceptors (Lipinski definition) is 2. The molecule has 2 saturated heterocycles. The van der Waals surface area contributed by atoms with Gasteiger partial charge in [0.1, 0.15) is 0 Å². The first-order chi connectivity index (χ1) is 6.77. The molecule has 74 valence electrons. The van der Waals surface area contributed by atoms with Crippen molar-refractivity contribution in [3.8, 4) is 0 Å². The topological polar surface area (TPSA) is 26.3 Å². The Labute approximate surface area is 83.3 Å². The predicted octanol–water partition coefficient (Wildman–Crippen LogP) is 1.70. The predicted molar refractivity (Wildman–Crippen MR) is 50.7 cm³/mol. The molecule has 0 aromatic carbocycles. The number of allylic oxidation sites excluding steroid dienone is 2. The monoisotopic (exact) mass is 190 g/mol. The fraction of sp³-hybridized carbons (Fsp3) is 0.750. The van der Waals surface area contributed by atoms with E-state index in [-0.39, 0.29) is 0 Å². The van der Waals surface area contributed by atoms with E-state index in [1.54, 1.807) is 0 Å². The lowest BCUT2D eigenvalue weighted by Crippen LogP contribution is -2.44. The smallest absolute Gasteiger partial charge is 0.155 e. The van der Waals surface area contributed by atoms with Crippen LogP contribution in [0, 0.1) is 17.3 Å². The SMILES string of the molecule is O=C1C=C[C@]23C[C@H]4C[C@H](O[C@H]4C2)[C@H]3C1. The van der Waals surface area contributed by atoms with Crippen LogP contribution in [0.1, 0.15) is 25.7 Å². The van der Waals surface area contributed by atoms with Crippen molar-refractivity contribution in [2.75, 3.05) is 0 Å². The van der Waals surface area contributed by atoms with Gasteiger partial charge in [-0.25, -0.2) is 0 Å². The molecular formula is C12H14O2.